The van der Waals surface area contributed by atoms with Gasteiger partial charge in [0.15, 0.2) is 5.78 Å². The molecular weight excluding hydrogens is 252 g/mol. The Morgan fingerprint density at radius 3 is 3.00 bits per heavy atom. The second kappa shape index (κ2) is 5.14. The Bertz CT molecular complexity index is 717. The molecule has 0 unspecified atom stereocenters. The van der Waals surface area contributed by atoms with E-state index in [1.54, 1.807) is 12.3 Å². The quantitative estimate of drug-likeness (QED) is 0.855. The summed E-state index contributed by atoms with van der Waals surface area (Å²) < 4.78 is 5.78. The second-order valence-corrected chi connectivity index (χ2v) is 4.62. The fraction of sp³-hybridized carbons (Fsp3) is 0.188. The molecule has 0 aliphatic heterocycles. The van der Waals surface area contributed by atoms with Crippen LogP contribution in [0.1, 0.15) is 33.6 Å². The van der Waals surface area contributed by atoms with Gasteiger partial charge in [0.2, 0.25) is 0 Å². The molecule has 1 aromatic carbocycles. The molecule has 0 saturated carbocycles. The highest BCUT2D eigenvalue weighted by molar-refractivity contribution is 6.01. The van der Waals surface area contributed by atoms with E-state index in [2.05, 4.69) is 4.98 Å². The van der Waals surface area contributed by atoms with Gasteiger partial charge in [-0.25, -0.2) is 4.98 Å². The smallest absolute Gasteiger partial charge is 0.163 e. The van der Waals surface area contributed by atoms with Crippen LogP contribution in [0.25, 0.3) is 0 Å². The minimum absolute atomic E-state index is 0.171. The van der Waals surface area contributed by atoms with E-state index in [0.717, 1.165) is 28.9 Å². The van der Waals surface area contributed by atoms with E-state index < -0.39 is 0 Å². The number of hydrogen-bond donors (Lipinski definition) is 0. The number of hydrogen-bond acceptors (Lipinski definition) is 4. The van der Waals surface area contributed by atoms with Crippen LogP contribution in [0.2, 0.25) is 0 Å². The van der Waals surface area contributed by atoms with Gasteiger partial charge in [-0.05, 0) is 18.6 Å². The normalized spacial score (nSPS) is 12.8. The van der Waals surface area contributed by atoms with Crippen molar-refractivity contribution in [1.82, 2.24) is 4.98 Å². The molecule has 3 rings (SSSR count). The van der Waals surface area contributed by atoms with Gasteiger partial charge in [-0.1, -0.05) is 18.2 Å². The molecule has 0 spiro atoms. The van der Waals surface area contributed by atoms with Crippen molar-refractivity contribution in [2.75, 3.05) is 0 Å². The number of carbonyl (C=O) groups excluding carboxylic acids is 1. The SMILES string of the molecule is N#Cc1ncccc1COc1cccc2c1CCC2=O. The van der Waals surface area contributed by atoms with Gasteiger partial charge < -0.3 is 4.74 Å². The minimum Gasteiger partial charge on any atom is -0.488 e. The van der Waals surface area contributed by atoms with E-state index in [1.807, 2.05) is 30.3 Å². The first-order valence-corrected chi connectivity index (χ1v) is 6.41. The average molecular weight is 264 g/mol. The number of nitrogens with zero attached hydrogens (tertiary/aromatic N) is 2. The van der Waals surface area contributed by atoms with Crippen molar-refractivity contribution in [2.45, 2.75) is 19.4 Å². The first-order chi connectivity index (χ1) is 9.79. The summed E-state index contributed by atoms with van der Waals surface area (Å²) in [5, 5.41) is 8.99. The lowest BCUT2D eigenvalue weighted by Crippen LogP contribution is -2.02. The maximum atomic E-state index is 11.7. The summed E-state index contributed by atoms with van der Waals surface area (Å²) in [5.41, 5.74) is 2.85. The largest absolute Gasteiger partial charge is 0.488 e. The van der Waals surface area contributed by atoms with Crippen LogP contribution >= 0.6 is 0 Å². The van der Waals surface area contributed by atoms with Crippen LogP contribution in [0.15, 0.2) is 36.5 Å². The van der Waals surface area contributed by atoms with Gasteiger partial charge in [0.05, 0.1) is 0 Å². The Kier molecular flexibility index (Phi) is 3.18. The number of benzene rings is 1. The maximum Gasteiger partial charge on any atom is 0.163 e. The zero-order valence-corrected chi connectivity index (χ0v) is 10.8. The molecule has 4 heteroatoms. The summed E-state index contributed by atoms with van der Waals surface area (Å²) in [6.45, 7) is 0.279. The van der Waals surface area contributed by atoms with Crippen LogP contribution in [0, 0.1) is 11.3 Å². The van der Waals surface area contributed by atoms with E-state index in [1.165, 1.54) is 0 Å². The first kappa shape index (κ1) is 12.4. The first-order valence-electron chi connectivity index (χ1n) is 6.41. The molecule has 0 amide bonds. The third-order valence-corrected chi connectivity index (χ3v) is 3.42. The van der Waals surface area contributed by atoms with Crippen LogP contribution in [0.3, 0.4) is 0 Å². The number of nitriles is 1. The number of fused-ring (bicyclic) bond motifs is 1. The highest BCUT2D eigenvalue weighted by atomic mass is 16.5. The van der Waals surface area contributed by atoms with Crippen molar-refractivity contribution in [2.24, 2.45) is 0 Å². The standard InChI is InChI=1S/C16H12N2O2/c17-9-14-11(3-2-8-18-14)10-20-16-5-1-4-12-13(16)6-7-15(12)19/h1-5,8H,6-7,10H2. The van der Waals surface area contributed by atoms with Gasteiger partial charge in [0.1, 0.15) is 24.1 Å². The van der Waals surface area contributed by atoms with Gasteiger partial charge in [-0.15, -0.1) is 0 Å². The van der Waals surface area contributed by atoms with E-state index >= 15 is 0 Å². The second-order valence-electron chi connectivity index (χ2n) is 4.62. The Hall–Kier alpha value is -2.67. The molecule has 0 atom stereocenters. The number of ether oxygens (including phenoxy) is 1. The Morgan fingerprint density at radius 2 is 2.15 bits per heavy atom. The van der Waals surface area contributed by atoms with Crippen molar-refractivity contribution >= 4 is 5.78 Å². The highest BCUT2D eigenvalue weighted by Gasteiger charge is 2.22. The molecule has 0 fully saturated rings. The molecular formula is C16H12N2O2. The molecule has 1 aliphatic rings. The van der Waals surface area contributed by atoms with Crippen molar-refractivity contribution in [3.05, 3.63) is 58.9 Å². The molecule has 0 N–H and O–H groups in total. The molecule has 20 heavy (non-hydrogen) atoms. The van der Waals surface area contributed by atoms with Crippen LogP contribution in [0.5, 0.6) is 5.75 Å². The maximum absolute atomic E-state index is 11.7. The molecule has 1 aliphatic carbocycles. The van der Waals surface area contributed by atoms with Crippen molar-refractivity contribution < 1.29 is 9.53 Å². The lowest BCUT2D eigenvalue weighted by Gasteiger charge is -2.10. The van der Waals surface area contributed by atoms with Crippen molar-refractivity contribution in [1.29, 1.82) is 5.26 Å². The minimum atomic E-state index is 0.171. The van der Waals surface area contributed by atoms with Crippen molar-refractivity contribution in [3.8, 4) is 11.8 Å². The summed E-state index contributed by atoms with van der Waals surface area (Å²) in [6.07, 6.45) is 2.86. The van der Waals surface area contributed by atoms with Gasteiger partial charge in [0.25, 0.3) is 0 Å². The van der Waals surface area contributed by atoms with Gasteiger partial charge in [-0.2, -0.15) is 5.26 Å². The van der Waals surface area contributed by atoms with Crippen LogP contribution in [-0.4, -0.2) is 10.8 Å². The van der Waals surface area contributed by atoms with Crippen LogP contribution in [0.4, 0.5) is 0 Å². The number of rotatable bonds is 3. The van der Waals surface area contributed by atoms with E-state index in [4.69, 9.17) is 10.00 Å². The Balaban J connectivity index is 1.84. The lowest BCUT2D eigenvalue weighted by molar-refractivity contribution is 0.0994. The summed E-state index contributed by atoms with van der Waals surface area (Å²) >= 11 is 0. The predicted molar refractivity (Wildman–Crippen MR) is 72.4 cm³/mol. The Morgan fingerprint density at radius 1 is 1.25 bits per heavy atom. The van der Waals surface area contributed by atoms with Crippen molar-refractivity contribution in [3.63, 3.8) is 0 Å². The summed E-state index contributed by atoms with van der Waals surface area (Å²) in [7, 11) is 0. The summed E-state index contributed by atoms with van der Waals surface area (Å²) in [5.74, 6) is 0.894. The number of carbonyl (C=O) groups is 1. The molecule has 1 heterocycles. The fourth-order valence-electron chi connectivity index (χ4n) is 2.40. The summed E-state index contributed by atoms with van der Waals surface area (Å²) in [6, 6.07) is 11.2. The molecule has 98 valence electrons. The third-order valence-electron chi connectivity index (χ3n) is 3.42. The molecule has 0 saturated heterocycles. The van der Waals surface area contributed by atoms with Gasteiger partial charge >= 0.3 is 0 Å². The number of ketones is 1. The molecule has 4 nitrogen and oxygen atoms in total. The zero-order valence-electron chi connectivity index (χ0n) is 10.8. The number of pyridine rings is 1. The molecule has 1 aromatic heterocycles. The topological polar surface area (TPSA) is 63.0 Å². The molecule has 2 aromatic rings. The number of Topliss-reactive ketones (excluding diaryl/α,β-unsaturated/α-hetero) is 1. The fourth-order valence-corrected chi connectivity index (χ4v) is 2.40. The van der Waals surface area contributed by atoms with Gasteiger partial charge in [0, 0.05) is 29.3 Å². The third kappa shape index (κ3) is 2.14. The van der Waals surface area contributed by atoms with Crippen LogP contribution < -0.4 is 4.74 Å². The highest BCUT2D eigenvalue weighted by Crippen LogP contribution is 2.31. The summed E-state index contributed by atoms with van der Waals surface area (Å²) in [4.78, 5) is 15.7. The molecule has 0 radical (unpaired) electrons. The number of aromatic nitrogens is 1. The lowest BCUT2D eigenvalue weighted by atomic mass is 10.1. The van der Waals surface area contributed by atoms with Gasteiger partial charge in [-0.3, -0.25) is 4.79 Å². The average Bonchev–Trinajstić information content (AvgIpc) is 2.88. The van der Waals surface area contributed by atoms with Crippen LogP contribution in [-0.2, 0) is 13.0 Å². The monoisotopic (exact) mass is 264 g/mol. The van der Waals surface area contributed by atoms with E-state index in [0.29, 0.717) is 12.1 Å². The predicted octanol–water partition coefficient (Wildman–Crippen LogP) is 2.66. The molecule has 0 bridgehead atoms. The van der Waals surface area contributed by atoms with E-state index in [9.17, 15) is 4.79 Å². The van der Waals surface area contributed by atoms with E-state index in [-0.39, 0.29) is 12.4 Å². The zero-order chi connectivity index (χ0) is 13.9. The Labute approximate surface area is 116 Å².